The molecule has 8 heteroatoms. The Bertz CT molecular complexity index is 992. The Morgan fingerprint density at radius 2 is 1.72 bits per heavy atom. The highest BCUT2D eigenvalue weighted by Crippen LogP contribution is 2.32. The number of fused-ring (bicyclic) bond motifs is 1. The van der Waals surface area contributed by atoms with Crippen LogP contribution in [0.25, 0.3) is 6.08 Å². The smallest absolute Gasteiger partial charge is 0.317 e. The highest BCUT2D eigenvalue weighted by molar-refractivity contribution is 8.18. The number of amides is 3. The fourth-order valence-corrected chi connectivity index (χ4v) is 4.01. The molecule has 0 saturated carbocycles. The third kappa shape index (κ3) is 3.90. The summed E-state index contributed by atoms with van der Waals surface area (Å²) in [5, 5.41) is 0.288. The Morgan fingerprint density at radius 1 is 1.00 bits per heavy atom. The molecule has 2 heterocycles. The second-order valence-electron chi connectivity index (χ2n) is 6.65. The molecule has 2 aromatic rings. The maximum atomic E-state index is 12.7. The Kier molecular flexibility index (Phi) is 5.37. The minimum Gasteiger partial charge on any atom is -0.356 e. The lowest BCUT2D eigenvalue weighted by Crippen LogP contribution is -2.47. The van der Waals surface area contributed by atoms with E-state index in [-0.39, 0.29) is 19.1 Å². The first kappa shape index (κ1) is 19.2. The van der Waals surface area contributed by atoms with Gasteiger partial charge in [0.05, 0.1) is 29.4 Å². The summed E-state index contributed by atoms with van der Waals surface area (Å²) >= 11 is 0.839. The van der Waals surface area contributed by atoms with Crippen LogP contribution in [0.2, 0.25) is 0 Å². The first-order valence-electron chi connectivity index (χ1n) is 9.10. The first-order valence-corrected chi connectivity index (χ1v) is 9.91. The minimum absolute atomic E-state index is 0.0401. The summed E-state index contributed by atoms with van der Waals surface area (Å²) in [6, 6.07) is 16.7. The zero-order valence-electron chi connectivity index (χ0n) is 15.8. The van der Waals surface area contributed by atoms with E-state index in [1.165, 1.54) is 0 Å². The van der Waals surface area contributed by atoms with Crippen molar-refractivity contribution < 1.29 is 19.2 Å². The number of hydrogen-bond donors (Lipinski definition) is 0. The summed E-state index contributed by atoms with van der Waals surface area (Å²) in [4.78, 5) is 46.6. The van der Waals surface area contributed by atoms with Crippen LogP contribution < -0.4 is 4.90 Å². The highest BCUT2D eigenvalue weighted by Gasteiger charge is 2.37. The molecule has 0 unspecified atom stereocenters. The number of imide groups is 1. The van der Waals surface area contributed by atoms with Crippen LogP contribution in [0.15, 0.2) is 59.5 Å². The fraction of sp³-hybridized carbons (Fsp3) is 0.190. The van der Waals surface area contributed by atoms with Gasteiger partial charge in [-0.3, -0.25) is 19.2 Å². The van der Waals surface area contributed by atoms with Crippen molar-refractivity contribution in [3.05, 3.63) is 70.6 Å². The second kappa shape index (κ2) is 8.10. The summed E-state index contributed by atoms with van der Waals surface area (Å²) in [6.45, 7) is 0.713. The van der Waals surface area contributed by atoms with E-state index < -0.39 is 11.1 Å². The number of thioether (sulfide) groups is 1. The molecule has 0 aliphatic carbocycles. The number of nitrogens with zero attached hydrogens (tertiary/aromatic N) is 3. The van der Waals surface area contributed by atoms with Crippen molar-refractivity contribution >= 4 is 40.6 Å². The van der Waals surface area contributed by atoms with Crippen molar-refractivity contribution in [2.45, 2.75) is 0 Å². The lowest BCUT2D eigenvalue weighted by Gasteiger charge is -2.35. The van der Waals surface area contributed by atoms with E-state index in [0.29, 0.717) is 17.1 Å². The molecule has 0 atom stereocenters. The van der Waals surface area contributed by atoms with Gasteiger partial charge in [-0.05, 0) is 35.5 Å². The van der Waals surface area contributed by atoms with Gasteiger partial charge in [0.15, 0.2) is 0 Å². The van der Waals surface area contributed by atoms with E-state index in [0.717, 1.165) is 28.1 Å². The standard InChI is InChI=1S/C21H19N3O4S/c1-22-14-23(19(25)16-9-5-6-10-17(16)22)11-12-28-24-20(26)18(29-21(24)27)13-15-7-3-2-4-8-15/h2-10,13H,11-12,14H2,1H3. The average molecular weight is 409 g/mol. The van der Waals surface area contributed by atoms with Crippen molar-refractivity contribution in [1.82, 2.24) is 9.96 Å². The molecular weight excluding hydrogens is 390 g/mol. The Morgan fingerprint density at radius 3 is 2.52 bits per heavy atom. The third-order valence-electron chi connectivity index (χ3n) is 4.65. The quantitative estimate of drug-likeness (QED) is 0.707. The zero-order chi connectivity index (χ0) is 20.4. The van der Waals surface area contributed by atoms with Gasteiger partial charge < -0.3 is 9.80 Å². The van der Waals surface area contributed by atoms with Gasteiger partial charge in [-0.2, -0.15) is 0 Å². The fourth-order valence-electron chi connectivity index (χ4n) is 3.23. The average Bonchev–Trinajstić information content (AvgIpc) is 2.99. The van der Waals surface area contributed by atoms with Gasteiger partial charge in [0.25, 0.3) is 11.8 Å². The second-order valence-corrected chi connectivity index (χ2v) is 7.64. The SMILES string of the molecule is CN1CN(CCON2C(=O)SC(=Cc3ccccc3)C2=O)C(=O)c2ccccc21. The lowest BCUT2D eigenvalue weighted by atomic mass is 10.1. The van der Waals surface area contributed by atoms with Gasteiger partial charge >= 0.3 is 5.24 Å². The van der Waals surface area contributed by atoms with E-state index in [9.17, 15) is 14.4 Å². The number of carbonyl (C=O) groups is 3. The maximum absolute atomic E-state index is 12.7. The van der Waals surface area contributed by atoms with Gasteiger partial charge in [-0.1, -0.05) is 42.5 Å². The largest absolute Gasteiger partial charge is 0.356 e. The summed E-state index contributed by atoms with van der Waals surface area (Å²) in [7, 11) is 1.91. The summed E-state index contributed by atoms with van der Waals surface area (Å²) in [5.74, 6) is -0.586. The molecular formula is C21H19N3O4S. The summed E-state index contributed by atoms with van der Waals surface area (Å²) < 4.78 is 0. The van der Waals surface area contributed by atoms with Crippen molar-refractivity contribution in [2.75, 3.05) is 31.8 Å². The molecule has 0 N–H and O–H groups in total. The van der Waals surface area contributed by atoms with Gasteiger partial charge in [-0.15, -0.1) is 5.06 Å². The van der Waals surface area contributed by atoms with E-state index >= 15 is 0 Å². The number of para-hydroxylation sites is 1. The highest BCUT2D eigenvalue weighted by atomic mass is 32.2. The molecule has 2 aromatic carbocycles. The summed E-state index contributed by atoms with van der Waals surface area (Å²) in [5.41, 5.74) is 2.34. The number of anilines is 1. The first-order chi connectivity index (χ1) is 14.0. The Labute approximate surface area is 172 Å². The monoisotopic (exact) mass is 409 g/mol. The zero-order valence-corrected chi connectivity index (χ0v) is 16.6. The maximum Gasteiger partial charge on any atom is 0.317 e. The number of hydrogen-bond acceptors (Lipinski definition) is 6. The van der Waals surface area contributed by atoms with Gasteiger partial charge in [0, 0.05) is 13.6 Å². The van der Waals surface area contributed by atoms with E-state index in [1.807, 2.05) is 60.5 Å². The molecule has 29 heavy (non-hydrogen) atoms. The van der Waals surface area contributed by atoms with Gasteiger partial charge in [0.2, 0.25) is 0 Å². The van der Waals surface area contributed by atoms with E-state index in [4.69, 9.17) is 4.84 Å². The van der Waals surface area contributed by atoms with Crippen LogP contribution in [0, 0.1) is 0 Å². The van der Waals surface area contributed by atoms with Crippen LogP contribution in [0.1, 0.15) is 15.9 Å². The molecule has 3 amide bonds. The van der Waals surface area contributed by atoms with Crippen molar-refractivity contribution in [3.8, 4) is 0 Å². The molecule has 0 bridgehead atoms. The van der Waals surface area contributed by atoms with E-state index in [2.05, 4.69) is 0 Å². The minimum atomic E-state index is -0.490. The third-order valence-corrected chi connectivity index (χ3v) is 5.51. The van der Waals surface area contributed by atoms with E-state index in [1.54, 1.807) is 17.0 Å². The number of benzene rings is 2. The topological polar surface area (TPSA) is 70.2 Å². The predicted molar refractivity (Wildman–Crippen MR) is 111 cm³/mol. The predicted octanol–water partition coefficient (Wildman–Crippen LogP) is 3.20. The molecule has 1 fully saturated rings. The summed E-state index contributed by atoms with van der Waals surface area (Å²) in [6.07, 6.45) is 1.66. The Hall–Kier alpha value is -3.10. The van der Waals surface area contributed by atoms with Gasteiger partial charge in [-0.25, -0.2) is 0 Å². The Balaban J connectivity index is 1.37. The molecule has 1 saturated heterocycles. The number of carbonyl (C=O) groups excluding carboxylic acids is 3. The molecule has 0 aromatic heterocycles. The van der Waals surface area contributed by atoms with Crippen LogP contribution in [0.4, 0.5) is 10.5 Å². The normalized spacial score (nSPS) is 18.0. The van der Waals surface area contributed by atoms with Crippen molar-refractivity contribution in [3.63, 3.8) is 0 Å². The van der Waals surface area contributed by atoms with Crippen molar-refractivity contribution in [2.24, 2.45) is 0 Å². The van der Waals surface area contributed by atoms with Crippen LogP contribution in [-0.4, -0.2) is 53.9 Å². The van der Waals surface area contributed by atoms with Crippen LogP contribution in [-0.2, 0) is 9.63 Å². The lowest BCUT2D eigenvalue weighted by molar-refractivity contribution is -0.160. The molecule has 2 aliphatic heterocycles. The molecule has 7 nitrogen and oxygen atoms in total. The van der Waals surface area contributed by atoms with Crippen LogP contribution in [0.5, 0.6) is 0 Å². The molecule has 4 rings (SSSR count). The van der Waals surface area contributed by atoms with Crippen molar-refractivity contribution in [1.29, 1.82) is 0 Å². The van der Waals surface area contributed by atoms with Crippen LogP contribution >= 0.6 is 11.8 Å². The molecule has 0 radical (unpaired) electrons. The van der Waals surface area contributed by atoms with Crippen LogP contribution in [0.3, 0.4) is 0 Å². The molecule has 148 valence electrons. The molecule has 2 aliphatic rings. The van der Waals surface area contributed by atoms with Gasteiger partial charge in [0.1, 0.15) is 0 Å². The molecule has 0 spiro atoms. The number of hydroxylamine groups is 2. The number of rotatable bonds is 5.